The fourth-order valence-corrected chi connectivity index (χ4v) is 7.26. The maximum absolute atomic E-state index is 14.8. The lowest BCUT2D eigenvalue weighted by Gasteiger charge is -2.37. The molecule has 214 valence electrons. The second kappa shape index (κ2) is 9.98. The number of rotatable bonds is 6. The average Bonchev–Trinajstić information content (AvgIpc) is 3.50. The van der Waals surface area contributed by atoms with Gasteiger partial charge >= 0.3 is 0 Å². The molecule has 7 rings (SSSR count). The maximum Gasteiger partial charge on any atom is 0.185 e. The zero-order valence-corrected chi connectivity index (χ0v) is 23.9. The molecule has 1 fully saturated rings. The molecule has 0 aromatic heterocycles. The minimum Gasteiger partial charge on any atom is -0.497 e. The first-order valence-corrected chi connectivity index (χ1v) is 14.1. The van der Waals surface area contributed by atoms with Gasteiger partial charge in [-0.2, -0.15) is 0 Å². The van der Waals surface area contributed by atoms with Crippen molar-refractivity contribution < 1.29 is 28.6 Å². The van der Waals surface area contributed by atoms with Crippen LogP contribution in [0.1, 0.15) is 48.1 Å². The number of benzene rings is 4. The third kappa shape index (κ3) is 3.64. The van der Waals surface area contributed by atoms with Gasteiger partial charge in [-0.05, 0) is 53.6 Å². The largest absolute Gasteiger partial charge is 0.497 e. The number of carbonyl (C=O) groups excluding carboxylic acids is 3. The monoisotopic (exact) mass is 571 g/mol. The van der Waals surface area contributed by atoms with Crippen LogP contribution in [0.15, 0.2) is 97.1 Å². The van der Waals surface area contributed by atoms with Crippen LogP contribution < -0.4 is 19.1 Å². The number of fused-ring (bicyclic) bond motifs is 5. The molecule has 7 nitrogen and oxygen atoms in total. The maximum atomic E-state index is 14.8. The molecule has 2 aliphatic heterocycles. The van der Waals surface area contributed by atoms with Crippen LogP contribution in [0.4, 0.5) is 5.69 Å². The molecule has 2 heterocycles. The van der Waals surface area contributed by atoms with Crippen LogP contribution in [0.3, 0.4) is 0 Å². The molecule has 3 atom stereocenters. The van der Waals surface area contributed by atoms with Crippen LogP contribution >= 0.6 is 0 Å². The Balaban J connectivity index is 1.54. The van der Waals surface area contributed by atoms with E-state index in [9.17, 15) is 14.4 Å². The van der Waals surface area contributed by atoms with E-state index in [4.69, 9.17) is 14.2 Å². The number of methoxy groups -OCH3 is 3. The van der Waals surface area contributed by atoms with Gasteiger partial charge in [0.05, 0.1) is 27.4 Å². The van der Waals surface area contributed by atoms with Crippen molar-refractivity contribution in [1.82, 2.24) is 0 Å². The summed E-state index contributed by atoms with van der Waals surface area (Å²) in [5.41, 5.74) is 1.95. The smallest absolute Gasteiger partial charge is 0.185 e. The lowest BCUT2D eigenvalue weighted by molar-refractivity contribution is 0.0665. The SMILES string of the molecule is COc1ccc(C(=O)[C@H]2[C@@H](c3ccc(OC)c(OC)c3)C3(C(=O)c4ccccc4C3=O)[C@H]3C=Cc4ccccc4N23)cc1. The Morgan fingerprint density at radius 1 is 0.744 bits per heavy atom. The summed E-state index contributed by atoms with van der Waals surface area (Å²) >= 11 is 0. The van der Waals surface area contributed by atoms with Crippen molar-refractivity contribution in [2.24, 2.45) is 5.41 Å². The second-order valence-corrected chi connectivity index (χ2v) is 11.0. The highest BCUT2D eigenvalue weighted by atomic mass is 16.5. The highest BCUT2D eigenvalue weighted by molar-refractivity contribution is 6.32. The van der Waals surface area contributed by atoms with E-state index < -0.39 is 23.4 Å². The number of hydrogen-bond donors (Lipinski definition) is 0. The van der Waals surface area contributed by atoms with Gasteiger partial charge in [0.15, 0.2) is 28.8 Å². The number of para-hydroxylation sites is 1. The first-order chi connectivity index (χ1) is 20.9. The summed E-state index contributed by atoms with van der Waals surface area (Å²) in [4.78, 5) is 46.4. The molecule has 0 N–H and O–H groups in total. The molecule has 0 bridgehead atoms. The Morgan fingerprint density at radius 2 is 1.40 bits per heavy atom. The quantitative estimate of drug-likeness (QED) is 0.207. The van der Waals surface area contributed by atoms with Gasteiger partial charge in [-0.15, -0.1) is 0 Å². The first-order valence-electron chi connectivity index (χ1n) is 14.1. The number of carbonyl (C=O) groups is 3. The van der Waals surface area contributed by atoms with Crippen molar-refractivity contribution in [3.63, 3.8) is 0 Å². The van der Waals surface area contributed by atoms with Crippen LogP contribution in [-0.2, 0) is 0 Å². The molecule has 3 aliphatic rings. The zero-order valence-electron chi connectivity index (χ0n) is 23.9. The number of ether oxygens (including phenoxy) is 3. The minimum absolute atomic E-state index is 0.203. The average molecular weight is 572 g/mol. The van der Waals surface area contributed by atoms with Crippen molar-refractivity contribution in [1.29, 1.82) is 0 Å². The molecule has 0 unspecified atom stereocenters. The van der Waals surface area contributed by atoms with Gasteiger partial charge in [0.2, 0.25) is 0 Å². The molecule has 1 aliphatic carbocycles. The first kappa shape index (κ1) is 26.7. The van der Waals surface area contributed by atoms with E-state index in [1.54, 1.807) is 74.9 Å². The number of hydrogen-bond acceptors (Lipinski definition) is 7. The highest BCUT2D eigenvalue weighted by Crippen LogP contribution is 2.61. The summed E-state index contributed by atoms with van der Waals surface area (Å²) in [5, 5.41) is 0. The zero-order chi connectivity index (χ0) is 29.9. The van der Waals surface area contributed by atoms with Gasteiger partial charge in [0, 0.05) is 28.3 Å². The second-order valence-electron chi connectivity index (χ2n) is 11.0. The summed E-state index contributed by atoms with van der Waals surface area (Å²) in [6.45, 7) is 0. The molecule has 1 saturated heterocycles. The lowest BCUT2D eigenvalue weighted by atomic mass is 9.64. The van der Waals surface area contributed by atoms with E-state index in [0.29, 0.717) is 39.5 Å². The molecule has 0 radical (unpaired) electrons. The van der Waals surface area contributed by atoms with Crippen LogP contribution in [0.5, 0.6) is 17.2 Å². The Morgan fingerprint density at radius 3 is 2.05 bits per heavy atom. The van der Waals surface area contributed by atoms with E-state index in [1.807, 2.05) is 47.4 Å². The van der Waals surface area contributed by atoms with Crippen LogP contribution in [0.2, 0.25) is 0 Å². The van der Waals surface area contributed by atoms with E-state index in [0.717, 1.165) is 11.3 Å². The van der Waals surface area contributed by atoms with Crippen molar-refractivity contribution in [3.8, 4) is 17.2 Å². The third-order valence-corrected chi connectivity index (χ3v) is 9.12. The van der Waals surface area contributed by atoms with Crippen LogP contribution in [0.25, 0.3) is 6.08 Å². The van der Waals surface area contributed by atoms with Crippen molar-refractivity contribution >= 4 is 29.1 Å². The normalized spacial score (nSPS) is 20.9. The summed E-state index contributed by atoms with van der Waals surface area (Å²) in [5.74, 6) is -0.0414. The van der Waals surface area contributed by atoms with Gasteiger partial charge in [-0.25, -0.2) is 0 Å². The van der Waals surface area contributed by atoms with Gasteiger partial charge in [0.25, 0.3) is 0 Å². The number of nitrogens with zero attached hydrogens (tertiary/aromatic N) is 1. The molecule has 7 heteroatoms. The summed E-state index contributed by atoms with van der Waals surface area (Å²) in [7, 11) is 4.66. The van der Waals surface area contributed by atoms with Crippen molar-refractivity contribution in [2.45, 2.75) is 18.0 Å². The Bertz CT molecular complexity index is 1790. The summed E-state index contributed by atoms with van der Waals surface area (Å²) < 4.78 is 16.5. The predicted octanol–water partition coefficient (Wildman–Crippen LogP) is 6.03. The topological polar surface area (TPSA) is 82.1 Å². The molecule has 0 amide bonds. The molecule has 43 heavy (non-hydrogen) atoms. The fraction of sp³-hybridized carbons (Fsp3) is 0.194. The number of ketones is 3. The summed E-state index contributed by atoms with van der Waals surface area (Å²) in [6.07, 6.45) is 3.87. The third-order valence-electron chi connectivity index (χ3n) is 9.12. The highest BCUT2D eigenvalue weighted by Gasteiger charge is 2.71. The standard InChI is InChI=1S/C36H29NO6/c1-41-24-16-12-22(13-17-24)33(38)32-31(23-14-18-28(42-2)29(20-23)43-3)36(34(39)25-9-5-6-10-26(25)35(36)40)30-19-15-21-8-4-7-11-27(21)37(30)32/h4-20,30-32H,1-3H3/t30-,31-,32-/m1/s1. The fourth-order valence-electron chi connectivity index (χ4n) is 7.26. The van der Waals surface area contributed by atoms with Gasteiger partial charge < -0.3 is 19.1 Å². The Hall–Kier alpha value is -5.17. The van der Waals surface area contributed by atoms with Crippen LogP contribution in [0, 0.1) is 5.41 Å². The van der Waals surface area contributed by atoms with E-state index >= 15 is 0 Å². The van der Waals surface area contributed by atoms with E-state index in [1.165, 1.54) is 7.11 Å². The molecule has 4 aromatic rings. The van der Waals surface area contributed by atoms with Gasteiger partial charge in [0.1, 0.15) is 17.2 Å². The Labute approximate surface area is 249 Å². The van der Waals surface area contributed by atoms with E-state index in [-0.39, 0.29) is 17.3 Å². The predicted molar refractivity (Wildman–Crippen MR) is 163 cm³/mol. The minimum atomic E-state index is -1.60. The van der Waals surface area contributed by atoms with Crippen molar-refractivity contribution in [3.05, 3.63) is 125 Å². The molecular formula is C36H29NO6. The van der Waals surface area contributed by atoms with Gasteiger partial charge in [-0.1, -0.05) is 60.7 Å². The molecular weight excluding hydrogens is 542 g/mol. The lowest BCUT2D eigenvalue weighted by Crippen LogP contribution is -2.48. The summed E-state index contributed by atoms with van der Waals surface area (Å²) in [6, 6.07) is 25.4. The van der Waals surface area contributed by atoms with E-state index in [2.05, 4.69) is 0 Å². The number of Topliss-reactive ketones (excluding diaryl/α,β-unsaturated/α-hetero) is 3. The molecule has 1 spiro atoms. The van der Waals surface area contributed by atoms with Crippen LogP contribution in [-0.4, -0.2) is 50.8 Å². The van der Waals surface area contributed by atoms with Gasteiger partial charge in [-0.3, -0.25) is 14.4 Å². The molecule has 4 aromatic carbocycles. The molecule has 0 saturated carbocycles. The van der Waals surface area contributed by atoms with Crippen molar-refractivity contribution in [2.75, 3.05) is 26.2 Å². The number of anilines is 1. The Kier molecular flexibility index (Phi) is 6.20.